The van der Waals surface area contributed by atoms with E-state index in [1.165, 1.54) is 18.2 Å². The standard InChI is InChI=1S/C18H16FN3O2/c19-14-3-1-2-13(10-14)16(23)11-17(24)22-15-6-4-12(5-7-15)18-20-8-9-21-18/h1-10,16,23H,11H2,(H,20,21)(H,22,24). The second kappa shape index (κ2) is 7.06. The Labute approximate surface area is 138 Å². The predicted molar refractivity (Wildman–Crippen MR) is 88.6 cm³/mol. The van der Waals surface area contributed by atoms with E-state index in [-0.39, 0.29) is 12.3 Å². The monoisotopic (exact) mass is 325 g/mol. The van der Waals surface area contributed by atoms with Crippen molar-refractivity contribution in [3.8, 4) is 11.4 Å². The number of imidazole rings is 1. The molecule has 6 heteroatoms. The van der Waals surface area contributed by atoms with Crippen molar-refractivity contribution in [3.63, 3.8) is 0 Å². The van der Waals surface area contributed by atoms with Crippen LogP contribution < -0.4 is 5.32 Å². The van der Waals surface area contributed by atoms with E-state index in [9.17, 15) is 14.3 Å². The van der Waals surface area contributed by atoms with Crippen LogP contribution in [0.2, 0.25) is 0 Å². The zero-order valence-corrected chi connectivity index (χ0v) is 12.7. The molecule has 5 nitrogen and oxygen atoms in total. The molecule has 1 aromatic heterocycles. The number of H-pyrrole nitrogens is 1. The number of nitrogens with zero attached hydrogens (tertiary/aromatic N) is 1. The number of aromatic amines is 1. The van der Waals surface area contributed by atoms with Crippen LogP contribution in [0.3, 0.4) is 0 Å². The maximum atomic E-state index is 13.1. The van der Waals surface area contributed by atoms with E-state index in [4.69, 9.17) is 0 Å². The Morgan fingerprint density at radius 1 is 1.25 bits per heavy atom. The summed E-state index contributed by atoms with van der Waals surface area (Å²) in [7, 11) is 0. The number of hydrogen-bond donors (Lipinski definition) is 3. The molecule has 1 atom stereocenters. The fourth-order valence-electron chi connectivity index (χ4n) is 2.35. The lowest BCUT2D eigenvalue weighted by atomic mass is 10.1. The summed E-state index contributed by atoms with van der Waals surface area (Å²) in [6, 6.07) is 12.8. The Kier molecular flexibility index (Phi) is 4.67. The van der Waals surface area contributed by atoms with Gasteiger partial charge in [-0.15, -0.1) is 0 Å². The topological polar surface area (TPSA) is 78.0 Å². The minimum Gasteiger partial charge on any atom is -0.388 e. The number of amides is 1. The average molecular weight is 325 g/mol. The van der Waals surface area contributed by atoms with Crippen LogP contribution in [0.5, 0.6) is 0 Å². The largest absolute Gasteiger partial charge is 0.388 e. The Balaban J connectivity index is 1.60. The number of benzene rings is 2. The van der Waals surface area contributed by atoms with Crippen molar-refractivity contribution in [3.05, 3.63) is 72.3 Å². The summed E-state index contributed by atoms with van der Waals surface area (Å²) in [5.74, 6) is -0.0487. The maximum absolute atomic E-state index is 13.1. The van der Waals surface area contributed by atoms with E-state index in [1.54, 1.807) is 30.6 Å². The second-order valence-corrected chi connectivity index (χ2v) is 5.34. The van der Waals surface area contributed by atoms with Crippen molar-refractivity contribution in [2.24, 2.45) is 0 Å². The summed E-state index contributed by atoms with van der Waals surface area (Å²) in [5, 5.41) is 12.7. The lowest BCUT2D eigenvalue weighted by Crippen LogP contribution is -2.15. The van der Waals surface area contributed by atoms with Gasteiger partial charge in [-0.25, -0.2) is 9.37 Å². The number of aromatic nitrogens is 2. The highest BCUT2D eigenvalue weighted by Crippen LogP contribution is 2.20. The van der Waals surface area contributed by atoms with Gasteiger partial charge >= 0.3 is 0 Å². The molecule has 1 heterocycles. The normalized spacial score (nSPS) is 11.9. The van der Waals surface area contributed by atoms with Crippen LogP contribution in [0.15, 0.2) is 60.9 Å². The quantitative estimate of drug-likeness (QED) is 0.673. The third-order valence-electron chi connectivity index (χ3n) is 3.55. The molecule has 0 saturated carbocycles. The van der Waals surface area contributed by atoms with Crippen molar-refractivity contribution in [2.45, 2.75) is 12.5 Å². The zero-order valence-electron chi connectivity index (χ0n) is 12.7. The number of rotatable bonds is 5. The molecule has 0 fully saturated rings. The average Bonchev–Trinajstić information content (AvgIpc) is 3.10. The van der Waals surface area contributed by atoms with Gasteiger partial charge in [-0.1, -0.05) is 12.1 Å². The zero-order chi connectivity index (χ0) is 16.9. The molecule has 0 aliphatic rings. The third kappa shape index (κ3) is 3.85. The molecular weight excluding hydrogens is 309 g/mol. The fourth-order valence-corrected chi connectivity index (χ4v) is 2.35. The van der Waals surface area contributed by atoms with Crippen LogP contribution in [0.25, 0.3) is 11.4 Å². The minimum atomic E-state index is -1.05. The Hall–Kier alpha value is -2.99. The van der Waals surface area contributed by atoms with Crippen molar-refractivity contribution >= 4 is 11.6 Å². The molecule has 2 aromatic carbocycles. The van der Waals surface area contributed by atoms with Gasteiger partial charge in [0.05, 0.1) is 12.5 Å². The molecule has 3 N–H and O–H groups in total. The number of anilines is 1. The molecule has 0 radical (unpaired) electrons. The third-order valence-corrected chi connectivity index (χ3v) is 3.55. The van der Waals surface area contributed by atoms with Crippen LogP contribution in [-0.2, 0) is 4.79 Å². The highest BCUT2D eigenvalue weighted by Gasteiger charge is 2.14. The smallest absolute Gasteiger partial charge is 0.227 e. The summed E-state index contributed by atoms with van der Waals surface area (Å²) in [6.07, 6.45) is 2.20. The summed E-state index contributed by atoms with van der Waals surface area (Å²) in [5.41, 5.74) is 1.89. The summed E-state index contributed by atoms with van der Waals surface area (Å²) >= 11 is 0. The molecule has 3 rings (SSSR count). The Bertz CT molecular complexity index is 817. The van der Waals surface area contributed by atoms with Crippen LogP contribution in [0.4, 0.5) is 10.1 Å². The van der Waals surface area contributed by atoms with Gasteiger partial charge in [0.2, 0.25) is 5.91 Å². The number of hydrogen-bond acceptors (Lipinski definition) is 3. The number of halogens is 1. The van der Waals surface area contributed by atoms with Gasteiger partial charge in [0.15, 0.2) is 0 Å². The van der Waals surface area contributed by atoms with Crippen molar-refractivity contribution < 1.29 is 14.3 Å². The van der Waals surface area contributed by atoms with Gasteiger partial charge in [-0.2, -0.15) is 0 Å². The number of aliphatic hydroxyl groups is 1. The van der Waals surface area contributed by atoms with Gasteiger partial charge in [0.25, 0.3) is 0 Å². The first-order valence-corrected chi connectivity index (χ1v) is 7.45. The molecule has 0 aliphatic carbocycles. The molecular formula is C18H16FN3O2. The van der Waals surface area contributed by atoms with E-state index in [2.05, 4.69) is 15.3 Å². The first-order valence-electron chi connectivity index (χ1n) is 7.45. The van der Waals surface area contributed by atoms with Gasteiger partial charge in [0, 0.05) is 23.6 Å². The molecule has 0 spiro atoms. The highest BCUT2D eigenvalue weighted by molar-refractivity contribution is 5.91. The molecule has 0 saturated heterocycles. The number of aliphatic hydroxyl groups excluding tert-OH is 1. The number of carbonyl (C=O) groups excluding carboxylic acids is 1. The van der Waals surface area contributed by atoms with Crippen LogP contribution in [-0.4, -0.2) is 21.0 Å². The van der Waals surface area contributed by atoms with E-state index >= 15 is 0 Å². The highest BCUT2D eigenvalue weighted by atomic mass is 19.1. The van der Waals surface area contributed by atoms with Gasteiger partial charge in [0.1, 0.15) is 11.6 Å². The second-order valence-electron chi connectivity index (χ2n) is 5.34. The first kappa shape index (κ1) is 15.9. The fraction of sp³-hybridized carbons (Fsp3) is 0.111. The van der Waals surface area contributed by atoms with Crippen molar-refractivity contribution in [1.29, 1.82) is 0 Å². The Morgan fingerprint density at radius 2 is 2.04 bits per heavy atom. The minimum absolute atomic E-state index is 0.149. The molecule has 0 bridgehead atoms. The lowest BCUT2D eigenvalue weighted by molar-refractivity contribution is -0.118. The molecule has 122 valence electrons. The number of nitrogens with one attached hydrogen (secondary N) is 2. The van der Waals surface area contributed by atoms with E-state index in [0.717, 1.165) is 11.4 Å². The van der Waals surface area contributed by atoms with Gasteiger partial charge in [-0.05, 0) is 42.0 Å². The van der Waals surface area contributed by atoms with E-state index < -0.39 is 11.9 Å². The first-order chi connectivity index (χ1) is 11.6. The molecule has 1 amide bonds. The molecule has 0 aliphatic heterocycles. The van der Waals surface area contributed by atoms with Gasteiger partial charge < -0.3 is 15.4 Å². The summed E-state index contributed by atoms with van der Waals surface area (Å²) in [4.78, 5) is 19.2. The number of carbonyl (C=O) groups is 1. The predicted octanol–water partition coefficient (Wildman–Crippen LogP) is 3.28. The maximum Gasteiger partial charge on any atom is 0.227 e. The molecule has 3 aromatic rings. The summed E-state index contributed by atoms with van der Waals surface area (Å²) in [6.45, 7) is 0. The summed E-state index contributed by atoms with van der Waals surface area (Å²) < 4.78 is 13.1. The Morgan fingerprint density at radius 3 is 2.71 bits per heavy atom. The molecule has 1 unspecified atom stereocenters. The van der Waals surface area contributed by atoms with Crippen LogP contribution in [0.1, 0.15) is 18.1 Å². The van der Waals surface area contributed by atoms with Gasteiger partial charge in [-0.3, -0.25) is 4.79 Å². The van der Waals surface area contributed by atoms with Crippen molar-refractivity contribution in [2.75, 3.05) is 5.32 Å². The van der Waals surface area contributed by atoms with Crippen LogP contribution >= 0.6 is 0 Å². The lowest BCUT2D eigenvalue weighted by Gasteiger charge is -2.11. The van der Waals surface area contributed by atoms with Crippen molar-refractivity contribution in [1.82, 2.24) is 9.97 Å². The SMILES string of the molecule is O=C(CC(O)c1cccc(F)c1)Nc1ccc(-c2ncc[nH]2)cc1. The van der Waals surface area contributed by atoms with E-state index in [1.807, 2.05) is 12.1 Å². The van der Waals surface area contributed by atoms with Crippen LogP contribution in [0, 0.1) is 5.82 Å². The van der Waals surface area contributed by atoms with E-state index in [0.29, 0.717) is 11.3 Å². The molecule has 24 heavy (non-hydrogen) atoms.